The molecule has 0 spiro atoms. The highest BCUT2D eigenvalue weighted by Gasteiger charge is 2.29. The molecule has 0 aromatic heterocycles. The van der Waals surface area contributed by atoms with Crippen LogP contribution in [0.15, 0.2) is 53.4 Å². The Morgan fingerprint density at radius 3 is 2.31 bits per heavy atom. The van der Waals surface area contributed by atoms with Gasteiger partial charge in [0.1, 0.15) is 0 Å². The van der Waals surface area contributed by atoms with E-state index in [0.29, 0.717) is 12.3 Å². The molecular formula is C23H28N2O5S2. The summed E-state index contributed by atoms with van der Waals surface area (Å²) in [5.41, 5.74) is 1.71. The maximum absolute atomic E-state index is 12.8. The lowest BCUT2D eigenvalue weighted by atomic mass is 9.84. The van der Waals surface area contributed by atoms with Gasteiger partial charge in [-0.15, -0.1) is 0 Å². The first kappa shape index (κ1) is 22.8. The summed E-state index contributed by atoms with van der Waals surface area (Å²) < 4.78 is 51.4. The number of nitrogens with one attached hydrogen (secondary N) is 2. The summed E-state index contributed by atoms with van der Waals surface area (Å²) in [5.74, 6) is 0.0719. The van der Waals surface area contributed by atoms with Crippen LogP contribution in [0, 0.1) is 0 Å². The molecule has 1 aliphatic heterocycles. The number of hydrogen-bond acceptors (Lipinski definition) is 5. The van der Waals surface area contributed by atoms with Crippen molar-refractivity contribution in [2.75, 3.05) is 16.2 Å². The number of sulfone groups is 1. The summed E-state index contributed by atoms with van der Waals surface area (Å²) in [6.45, 7) is 0. The molecule has 9 heteroatoms. The topological polar surface area (TPSA) is 109 Å². The molecule has 2 fully saturated rings. The number of carbonyl (C=O) groups is 1. The molecule has 1 saturated heterocycles. The predicted octanol–water partition coefficient (Wildman–Crippen LogP) is 3.45. The highest BCUT2D eigenvalue weighted by molar-refractivity contribution is 7.92. The minimum atomic E-state index is -3.80. The molecular weight excluding hydrogens is 448 g/mol. The van der Waals surface area contributed by atoms with E-state index in [-0.39, 0.29) is 27.7 Å². The van der Waals surface area contributed by atoms with Crippen molar-refractivity contribution in [3.05, 3.63) is 59.7 Å². The Morgan fingerprint density at radius 2 is 1.66 bits per heavy atom. The van der Waals surface area contributed by atoms with Gasteiger partial charge in [-0.3, -0.25) is 9.52 Å². The van der Waals surface area contributed by atoms with Crippen LogP contribution in [-0.4, -0.2) is 40.3 Å². The van der Waals surface area contributed by atoms with Crippen LogP contribution >= 0.6 is 0 Å². The zero-order chi connectivity index (χ0) is 22.8. The van der Waals surface area contributed by atoms with Crippen LogP contribution < -0.4 is 10.0 Å². The predicted molar refractivity (Wildman–Crippen MR) is 124 cm³/mol. The molecule has 2 aromatic rings. The monoisotopic (exact) mass is 476 g/mol. The molecule has 0 bridgehead atoms. The Kier molecular flexibility index (Phi) is 6.57. The average Bonchev–Trinajstić information content (AvgIpc) is 3.12. The molecule has 4 rings (SSSR count). The first-order valence-corrected chi connectivity index (χ1v) is 14.3. The van der Waals surface area contributed by atoms with E-state index in [1.165, 1.54) is 30.9 Å². The van der Waals surface area contributed by atoms with Crippen LogP contribution in [0.2, 0.25) is 0 Å². The van der Waals surface area contributed by atoms with Crippen molar-refractivity contribution in [1.29, 1.82) is 0 Å². The van der Waals surface area contributed by atoms with Crippen molar-refractivity contribution in [3.63, 3.8) is 0 Å². The molecule has 2 aromatic carbocycles. The summed E-state index contributed by atoms with van der Waals surface area (Å²) in [5, 5.41) is 2.71. The van der Waals surface area contributed by atoms with Gasteiger partial charge >= 0.3 is 0 Å². The van der Waals surface area contributed by atoms with Crippen molar-refractivity contribution in [2.24, 2.45) is 0 Å². The van der Waals surface area contributed by atoms with Gasteiger partial charge in [0.15, 0.2) is 9.84 Å². The van der Waals surface area contributed by atoms with Crippen LogP contribution in [0.4, 0.5) is 5.69 Å². The van der Waals surface area contributed by atoms with E-state index >= 15 is 0 Å². The minimum absolute atomic E-state index is 0.0668. The molecule has 2 N–H and O–H groups in total. The van der Waals surface area contributed by atoms with Gasteiger partial charge in [-0.2, -0.15) is 0 Å². The number of hydrogen-bond donors (Lipinski definition) is 2. The molecule has 7 nitrogen and oxygen atoms in total. The van der Waals surface area contributed by atoms with Gasteiger partial charge in [-0.25, -0.2) is 16.8 Å². The largest absolute Gasteiger partial charge is 0.348 e. The molecule has 172 valence electrons. The summed E-state index contributed by atoms with van der Waals surface area (Å²) in [4.78, 5) is 12.7. The average molecular weight is 477 g/mol. The van der Waals surface area contributed by atoms with Gasteiger partial charge < -0.3 is 5.32 Å². The smallest absolute Gasteiger partial charge is 0.261 e. The van der Waals surface area contributed by atoms with Gasteiger partial charge in [0.05, 0.1) is 16.4 Å². The fraction of sp³-hybridized carbons (Fsp3) is 0.435. The van der Waals surface area contributed by atoms with E-state index in [9.17, 15) is 21.6 Å². The Bertz CT molecular complexity index is 1190. The molecule has 1 amide bonds. The zero-order valence-electron chi connectivity index (χ0n) is 17.8. The summed E-state index contributed by atoms with van der Waals surface area (Å²) in [7, 11) is -6.91. The number of anilines is 1. The Morgan fingerprint density at radius 1 is 0.938 bits per heavy atom. The highest BCUT2D eigenvalue weighted by Crippen LogP contribution is 2.33. The fourth-order valence-electron chi connectivity index (χ4n) is 4.47. The van der Waals surface area contributed by atoms with Crippen molar-refractivity contribution in [1.82, 2.24) is 5.32 Å². The molecule has 1 saturated carbocycles. The quantitative estimate of drug-likeness (QED) is 0.664. The summed E-state index contributed by atoms with van der Waals surface area (Å²) in [6.07, 6.45) is 6.37. The first-order chi connectivity index (χ1) is 15.2. The van der Waals surface area contributed by atoms with E-state index in [0.717, 1.165) is 12.8 Å². The molecule has 32 heavy (non-hydrogen) atoms. The number of sulfonamides is 1. The summed E-state index contributed by atoms with van der Waals surface area (Å²) in [6, 6.07) is 12.8. The molecule has 0 unspecified atom stereocenters. The van der Waals surface area contributed by atoms with Gasteiger partial charge in [0.2, 0.25) is 0 Å². The van der Waals surface area contributed by atoms with Crippen LogP contribution in [-0.2, 0) is 19.9 Å². The molecule has 1 heterocycles. The van der Waals surface area contributed by atoms with Gasteiger partial charge in [-0.1, -0.05) is 37.5 Å². The number of amides is 1. The van der Waals surface area contributed by atoms with Gasteiger partial charge in [-0.05, 0) is 61.1 Å². The summed E-state index contributed by atoms with van der Waals surface area (Å²) >= 11 is 0. The van der Waals surface area contributed by atoms with E-state index < -0.39 is 31.8 Å². The van der Waals surface area contributed by atoms with Gasteiger partial charge in [0, 0.05) is 17.3 Å². The maximum Gasteiger partial charge on any atom is 0.261 e. The van der Waals surface area contributed by atoms with Crippen LogP contribution in [0.25, 0.3) is 0 Å². The van der Waals surface area contributed by atoms with Gasteiger partial charge in [0.25, 0.3) is 15.9 Å². The van der Waals surface area contributed by atoms with E-state index in [1.807, 2.05) is 12.1 Å². The van der Waals surface area contributed by atoms with Crippen LogP contribution in [0.3, 0.4) is 0 Å². The third-order valence-corrected chi connectivity index (χ3v) is 9.38. The second-order valence-corrected chi connectivity index (χ2v) is 12.6. The normalized spacial score (nSPS) is 21.2. The van der Waals surface area contributed by atoms with Crippen LogP contribution in [0.1, 0.15) is 60.4 Å². The van der Waals surface area contributed by atoms with E-state index in [4.69, 9.17) is 0 Å². The molecule has 2 aliphatic rings. The standard InChI is InChI=1S/C23H28N2O5S2/c26-23(24-21-13-14-31(27,28)16-21)19-7-4-8-20(15-19)25-32(29,30)22-11-9-18(10-12-22)17-5-2-1-3-6-17/h4,7-12,15,17,21,25H,1-3,5-6,13-14,16H2,(H,24,26)/t21-/m0/s1. The van der Waals surface area contributed by atoms with Crippen molar-refractivity contribution in [2.45, 2.75) is 55.4 Å². The minimum Gasteiger partial charge on any atom is -0.348 e. The van der Waals surface area contributed by atoms with Crippen molar-refractivity contribution in [3.8, 4) is 0 Å². The SMILES string of the molecule is O=C(N[C@H]1CCS(=O)(=O)C1)c1cccc(NS(=O)(=O)c2ccc(C3CCCCC3)cc2)c1. The van der Waals surface area contributed by atoms with Crippen molar-refractivity contribution < 1.29 is 21.6 Å². The Balaban J connectivity index is 1.43. The van der Waals surface area contributed by atoms with Crippen molar-refractivity contribution >= 4 is 31.5 Å². The second-order valence-electron chi connectivity index (χ2n) is 8.66. The highest BCUT2D eigenvalue weighted by atomic mass is 32.2. The number of carbonyl (C=O) groups excluding carboxylic acids is 1. The Labute approximate surface area is 189 Å². The first-order valence-electron chi connectivity index (χ1n) is 11.0. The lowest BCUT2D eigenvalue weighted by Gasteiger charge is -2.22. The third kappa shape index (κ3) is 5.50. The maximum atomic E-state index is 12.8. The van der Waals surface area contributed by atoms with E-state index in [1.54, 1.807) is 30.3 Å². The molecule has 1 aliphatic carbocycles. The fourth-order valence-corrected chi connectivity index (χ4v) is 7.19. The molecule has 0 radical (unpaired) electrons. The van der Waals surface area contributed by atoms with E-state index in [2.05, 4.69) is 10.0 Å². The lowest BCUT2D eigenvalue weighted by Crippen LogP contribution is -2.35. The number of rotatable bonds is 6. The lowest BCUT2D eigenvalue weighted by molar-refractivity contribution is 0.0941. The third-order valence-electron chi connectivity index (χ3n) is 6.21. The zero-order valence-corrected chi connectivity index (χ0v) is 19.4. The van der Waals surface area contributed by atoms with Crippen LogP contribution in [0.5, 0.6) is 0 Å². The second kappa shape index (κ2) is 9.23. The molecule has 1 atom stereocenters. The number of benzene rings is 2. The Hall–Kier alpha value is -2.39.